The topological polar surface area (TPSA) is 29.5 Å². The van der Waals surface area contributed by atoms with Gasteiger partial charge in [0.2, 0.25) is 5.91 Å². The minimum Gasteiger partial charge on any atom is -0.491 e. The summed E-state index contributed by atoms with van der Waals surface area (Å²) in [6.45, 7) is 3.64. The molecular weight excluding hydrogens is 166 g/mol. The molecule has 1 amide bonds. The molecule has 0 unspecified atom stereocenters. The Labute approximate surface area is 78.7 Å². The monoisotopic (exact) mass is 181 g/mol. The van der Waals surface area contributed by atoms with Gasteiger partial charge in [0.05, 0.1) is 0 Å². The second-order valence-electron chi connectivity index (χ2n) is 3.27. The molecule has 72 valence electrons. The molecule has 13 heavy (non-hydrogen) atoms. The van der Waals surface area contributed by atoms with Gasteiger partial charge in [0, 0.05) is 26.6 Å². The van der Waals surface area contributed by atoms with E-state index in [4.69, 9.17) is 4.74 Å². The zero-order chi connectivity index (χ0) is 9.84. The van der Waals surface area contributed by atoms with E-state index in [2.05, 4.69) is 6.58 Å². The average molecular weight is 181 g/mol. The molecule has 1 aliphatic rings. The minimum atomic E-state index is -0.0280. The van der Waals surface area contributed by atoms with E-state index in [1.807, 2.05) is 0 Å². The van der Waals surface area contributed by atoms with Crippen LogP contribution in [0.1, 0.15) is 12.8 Å². The predicted octanol–water partition coefficient (Wildman–Crippen LogP) is 1.32. The predicted molar refractivity (Wildman–Crippen MR) is 51.1 cm³/mol. The molecule has 0 aliphatic carbocycles. The van der Waals surface area contributed by atoms with Crippen molar-refractivity contribution in [2.75, 3.05) is 14.1 Å². The minimum absolute atomic E-state index is 0.0280. The first-order valence-electron chi connectivity index (χ1n) is 4.34. The number of likely N-dealkylation sites (N-methyl/N-ethyl adjacent to an activating group) is 1. The molecule has 3 nitrogen and oxygen atoms in total. The molecule has 1 aliphatic heterocycles. The highest BCUT2D eigenvalue weighted by Crippen LogP contribution is 2.23. The van der Waals surface area contributed by atoms with Crippen LogP contribution in [0.2, 0.25) is 0 Å². The molecule has 3 heteroatoms. The first kappa shape index (κ1) is 9.84. The van der Waals surface area contributed by atoms with Crippen LogP contribution in [-0.2, 0) is 9.53 Å². The normalized spacial score (nSPS) is 24.2. The van der Waals surface area contributed by atoms with Crippen LogP contribution in [0.15, 0.2) is 24.5 Å². The smallest absolute Gasteiger partial charge is 0.249 e. The first-order chi connectivity index (χ1) is 6.13. The van der Waals surface area contributed by atoms with Crippen LogP contribution in [-0.4, -0.2) is 31.0 Å². The molecule has 0 N–H and O–H groups in total. The molecule has 1 heterocycles. The van der Waals surface area contributed by atoms with Gasteiger partial charge in [-0.2, -0.15) is 0 Å². The molecule has 0 spiro atoms. The van der Waals surface area contributed by atoms with Crippen LogP contribution in [0, 0.1) is 0 Å². The third kappa shape index (κ3) is 2.61. The lowest BCUT2D eigenvalue weighted by atomic mass is 10.2. The summed E-state index contributed by atoms with van der Waals surface area (Å²) >= 11 is 0. The van der Waals surface area contributed by atoms with Gasteiger partial charge in [0.15, 0.2) is 0 Å². The van der Waals surface area contributed by atoms with Crippen LogP contribution in [0.5, 0.6) is 0 Å². The summed E-state index contributed by atoms with van der Waals surface area (Å²) in [4.78, 5) is 12.8. The van der Waals surface area contributed by atoms with Crippen molar-refractivity contribution >= 4 is 5.91 Å². The maximum absolute atomic E-state index is 11.2. The molecule has 1 rings (SSSR count). The Bertz CT molecular complexity index is 243. The summed E-state index contributed by atoms with van der Waals surface area (Å²) in [6.07, 6.45) is 5.15. The molecule has 0 aromatic heterocycles. The third-order valence-electron chi connectivity index (χ3n) is 1.97. The van der Waals surface area contributed by atoms with Crippen molar-refractivity contribution < 1.29 is 9.53 Å². The molecule has 1 atom stereocenters. The molecule has 0 radical (unpaired) electrons. The van der Waals surface area contributed by atoms with Crippen molar-refractivity contribution in [3.63, 3.8) is 0 Å². The summed E-state index contributed by atoms with van der Waals surface area (Å²) in [7, 11) is 3.44. The number of allylic oxidation sites excluding steroid dienone is 1. The number of carbonyl (C=O) groups is 1. The van der Waals surface area contributed by atoms with Crippen LogP contribution in [0.3, 0.4) is 0 Å². The Balaban J connectivity index is 2.54. The fourth-order valence-electron chi connectivity index (χ4n) is 1.14. The third-order valence-corrected chi connectivity index (χ3v) is 1.97. The van der Waals surface area contributed by atoms with Gasteiger partial charge in [-0.15, -0.1) is 0 Å². The van der Waals surface area contributed by atoms with Crippen LogP contribution in [0.4, 0.5) is 0 Å². The molecule has 0 bridgehead atoms. The SMILES string of the molecule is C=C[C@H]1CC/C(=C/C(=O)N(C)C)O1. The Morgan fingerprint density at radius 2 is 2.38 bits per heavy atom. The van der Waals surface area contributed by atoms with Gasteiger partial charge in [0.25, 0.3) is 0 Å². The lowest BCUT2D eigenvalue weighted by Gasteiger charge is -2.08. The maximum Gasteiger partial charge on any atom is 0.249 e. The lowest BCUT2D eigenvalue weighted by Crippen LogP contribution is -2.19. The highest BCUT2D eigenvalue weighted by molar-refractivity contribution is 5.87. The van der Waals surface area contributed by atoms with Gasteiger partial charge in [-0.25, -0.2) is 0 Å². The van der Waals surface area contributed by atoms with E-state index < -0.39 is 0 Å². The van der Waals surface area contributed by atoms with E-state index in [1.165, 1.54) is 4.90 Å². The summed E-state index contributed by atoms with van der Waals surface area (Å²) < 4.78 is 5.43. The Hall–Kier alpha value is -1.25. The van der Waals surface area contributed by atoms with Gasteiger partial charge >= 0.3 is 0 Å². The second kappa shape index (κ2) is 4.12. The summed E-state index contributed by atoms with van der Waals surface area (Å²) in [5.41, 5.74) is 0. The molecule has 0 aromatic rings. The summed E-state index contributed by atoms with van der Waals surface area (Å²) in [5, 5.41) is 0. The molecule has 0 aromatic carbocycles. The standard InChI is InChI=1S/C10H15NO2/c1-4-8-5-6-9(13-8)7-10(12)11(2)3/h4,7-8H,1,5-6H2,2-3H3/b9-7-/t8-/m0/s1. The van der Waals surface area contributed by atoms with E-state index in [0.717, 1.165) is 18.6 Å². The maximum atomic E-state index is 11.2. The van der Waals surface area contributed by atoms with Gasteiger partial charge in [-0.05, 0) is 6.42 Å². The Morgan fingerprint density at radius 3 is 2.85 bits per heavy atom. The van der Waals surface area contributed by atoms with Crippen molar-refractivity contribution in [2.24, 2.45) is 0 Å². The number of ether oxygens (including phenoxy) is 1. The summed E-state index contributed by atoms with van der Waals surface area (Å²) in [6, 6.07) is 0. The van der Waals surface area contributed by atoms with E-state index in [9.17, 15) is 4.79 Å². The van der Waals surface area contributed by atoms with Gasteiger partial charge < -0.3 is 9.64 Å². The number of amides is 1. The van der Waals surface area contributed by atoms with Gasteiger partial charge in [-0.3, -0.25) is 4.79 Å². The number of hydrogen-bond donors (Lipinski definition) is 0. The quantitative estimate of drug-likeness (QED) is 0.475. The van der Waals surface area contributed by atoms with Crippen molar-refractivity contribution in [2.45, 2.75) is 18.9 Å². The zero-order valence-corrected chi connectivity index (χ0v) is 8.12. The molecule has 1 fully saturated rings. The molecule has 1 saturated heterocycles. The van der Waals surface area contributed by atoms with Crippen molar-refractivity contribution in [1.82, 2.24) is 4.90 Å². The highest BCUT2D eigenvalue weighted by atomic mass is 16.5. The average Bonchev–Trinajstić information content (AvgIpc) is 2.52. The van der Waals surface area contributed by atoms with E-state index >= 15 is 0 Å². The van der Waals surface area contributed by atoms with Crippen molar-refractivity contribution in [3.05, 3.63) is 24.5 Å². The fourth-order valence-corrected chi connectivity index (χ4v) is 1.14. The second-order valence-corrected chi connectivity index (χ2v) is 3.27. The largest absolute Gasteiger partial charge is 0.491 e. The first-order valence-corrected chi connectivity index (χ1v) is 4.34. The van der Waals surface area contributed by atoms with Crippen LogP contribution >= 0.6 is 0 Å². The Morgan fingerprint density at radius 1 is 1.69 bits per heavy atom. The number of hydrogen-bond acceptors (Lipinski definition) is 2. The van der Waals surface area contributed by atoms with E-state index in [-0.39, 0.29) is 12.0 Å². The van der Waals surface area contributed by atoms with Crippen LogP contribution in [0.25, 0.3) is 0 Å². The van der Waals surface area contributed by atoms with Crippen molar-refractivity contribution in [3.8, 4) is 0 Å². The van der Waals surface area contributed by atoms with Crippen molar-refractivity contribution in [1.29, 1.82) is 0 Å². The highest BCUT2D eigenvalue weighted by Gasteiger charge is 2.18. The molecule has 0 saturated carbocycles. The lowest BCUT2D eigenvalue weighted by molar-refractivity contribution is -0.123. The molecular formula is C10H15NO2. The number of carbonyl (C=O) groups excluding carboxylic acids is 1. The number of rotatable bonds is 2. The fraction of sp³-hybridized carbons (Fsp3) is 0.500. The van der Waals surface area contributed by atoms with E-state index in [0.29, 0.717) is 0 Å². The van der Waals surface area contributed by atoms with E-state index in [1.54, 1.807) is 26.2 Å². The summed E-state index contributed by atoms with van der Waals surface area (Å²) in [5.74, 6) is 0.739. The van der Waals surface area contributed by atoms with Crippen LogP contribution < -0.4 is 0 Å². The Kier molecular flexibility index (Phi) is 3.12. The zero-order valence-electron chi connectivity index (χ0n) is 8.12. The van der Waals surface area contributed by atoms with Gasteiger partial charge in [0.1, 0.15) is 11.9 Å². The number of nitrogens with zero attached hydrogens (tertiary/aromatic N) is 1. The van der Waals surface area contributed by atoms with Gasteiger partial charge in [-0.1, -0.05) is 12.7 Å².